The van der Waals surface area contributed by atoms with Crippen molar-refractivity contribution in [2.45, 2.75) is 32.4 Å². The van der Waals surface area contributed by atoms with E-state index in [0.717, 1.165) is 5.56 Å². The van der Waals surface area contributed by atoms with Gasteiger partial charge in [0.05, 0.1) is 12.3 Å². The lowest BCUT2D eigenvalue weighted by molar-refractivity contribution is -0.0504. The summed E-state index contributed by atoms with van der Waals surface area (Å²) in [6, 6.07) is 13.7. The first-order chi connectivity index (χ1) is 14.3. The molecule has 2 aromatic carbocycles. The number of nitrogens with zero attached hydrogens (tertiary/aromatic N) is 1. The fraction of sp³-hybridized carbons (Fsp3) is 0.350. The van der Waals surface area contributed by atoms with E-state index < -0.39 is 16.6 Å². The lowest BCUT2D eigenvalue weighted by Crippen LogP contribution is -2.36. The van der Waals surface area contributed by atoms with E-state index in [0.29, 0.717) is 30.2 Å². The van der Waals surface area contributed by atoms with Gasteiger partial charge in [-0.3, -0.25) is 0 Å². The second-order valence-electron chi connectivity index (χ2n) is 6.31. The minimum absolute atomic E-state index is 0. The summed E-state index contributed by atoms with van der Waals surface area (Å²) in [5, 5.41) is 6.19. The number of ether oxygens (including phenoxy) is 1. The second kappa shape index (κ2) is 13.4. The van der Waals surface area contributed by atoms with Crippen LogP contribution in [0.4, 0.5) is 8.78 Å². The van der Waals surface area contributed by atoms with Crippen LogP contribution in [0.3, 0.4) is 0 Å². The molecule has 0 aromatic heterocycles. The molecule has 0 saturated carbocycles. The first-order valence-corrected chi connectivity index (χ1v) is 11.0. The van der Waals surface area contributed by atoms with Crippen LogP contribution in [0.15, 0.2) is 53.5 Å². The Morgan fingerprint density at radius 3 is 2.32 bits per heavy atom. The summed E-state index contributed by atoms with van der Waals surface area (Å²) < 4.78 is 55.2. The van der Waals surface area contributed by atoms with E-state index in [1.54, 1.807) is 30.3 Å². The quantitative estimate of drug-likeness (QED) is 0.233. The molecule has 7 nitrogen and oxygen atoms in total. The number of nitrogens with one attached hydrogen (secondary N) is 3. The van der Waals surface area contributed by atoms with Gasteiger partial charge >= 0.3 is 6.61 Å². The molecule has 0 aliphatic carbocycles. The highest BCUT2D eigenvalue weighted by Crippen LogP contribution is 2.19. The third-order valence-corrected chi connectivity index (χ3v) is 5.42. The van der Waals surface area contributed by atoms with Gasteiger partial charge in [-0.25, -0.2) is 18.1 Å². The van der Waals surface area contributed by atoms with E-state index in [9.17, 15) is 17.2 Å². The number of guanidine groups is 1. The first-order valence-electron chi connectivity index (χ1n) is 9.37. The predicted molar refractivity (Wildman–Crippen MR) is 128 cm³/mol. The summed E-state index contributed by atoms with van der Waals surface area (Å²) in [5.41, 5.74) is 2.16. The van der Waals surface area contributed by atoms with E-state index in [2.05, 4.69) is 25.1 Å². The van der Waals surface area contributed by atoms with Crippen molar-refractivity contribution in [1.82, 2.24) is 15.4 Å². The van der Waals surface area contributed by atoms with Crippen LogP contribution >= 0.6 is 24.0 Å². The number of benzene rings is 2. The minimum Gasteiger partial charge on any atom is -0.434 e. The summed E-state index contributed by atoms with van der Waals surface area (Å²) in [4.78, 5) is 4.48. The van der Waals surface area contributed by atoms with E-state index in [-0.39, 0.29) is 42.0 Å². The summed E-state index contributed by atoms with van der Waals surface area (Å²) in [6.45, 7) is 0.280. The Kier molecular flexibility index (Phi) is 11.7. The van der Waals surface area contributed by atoms with Crippen molar-refractivity contribution in [3.8, 4) is 5.75 Å². The number of hydrogen-bond donors (Lipinski definition) is 3. The Balaban J connectivity index is 0.00000480. The fourth-order valence-corrected chi connectivity index (χ4v) is 3.36. The van der Waals surface area contributed by atoms with E-state index in [4.69, 9.17) is 0 Å². The molecule has 0 bridgehead atoms. The molecular weight excluding hydrogens is 541 g/mol. The van der Waals surface area contributed by atoms with Crippen molar-refractivity contribution in [1.29, 1.82) is 0 Å². The van der Waals surface area contributed by atoms with Gasteiger partial charge in [0.2, 0.25) is 10.0 Å². The topological polar surface area (TPSA) is 91.8 Å². The zero-order chi connectivity index (χ0) is 22.0. The average molecular weight is 568 g/mol. The number of para-hydroxylation sites is 1. The van der Waals surface area contributed by atoms with Crippen LogP contribution < -0.4 is 20.1 Å². The molecule has 0 spiro atoms. The average Bonchev–Trinajstić information content (AvgIpc) is 2.71. The smallest absolute Gasteiger partial charge is 0.387 e. The Bertz CT molecular complexity index is 942. The number of sulfonamides is 1. The lowest BCUT2D eigenvalue weighted by atomic mass is 10.1. The third kappa shape index (κ3) is 9.78. The molecule has 2 rings (SSSR count). The highest BCUT2D eigenvalue weighted by molar-refractivity contribution is 14.0. The van der Waals surface area contributed by atoms with Crippen LogP contribution in [0, 0.1) is 0 Å². The van der Waals surface area contributed by atoms with Crippen LogP contribution in [0.25, 0.3) is 0 Å². The van der Waals surface area contributed by atoms with Crippen LogP contribution in [-0.4, -0.2) is 34.6 Å². The molecule has 0 unspecified atom stereocenters. The predicted octanol–water partition coefficient (Wildman–Crippen LogP) is 3.21. The Morgan fingerprint density at radius 2 is 1.71 bits per heavy atom. The van der Waals surface area contributed by atoms with E-state index in [1.165, 1.54) is 13.1 Å². The lowest BCUT2D eigenvalue weighted by Gasteiger charge is -2.14. The van der Waals surface area contributed by atoms with Gasteiger partial charge < -0.3 is 15.4 Å². The molecule has 11 heteroatoms. The monoisotopic (exact) mass is 568 g/mol. The Morgan fingerprint density at radius 1 is 1.06 bits per heavy atom. The van der Waals surface area contributed by atoms with Crippen molar-refractivity contribution in [3.63, 3.8) is 0 Å². The molecule has 3 N–H and O–H groups in total. The van der Waals surface area contributed by atoms with Crippen molar-refractivity contribution in [2.24, 2.45) is 4.99 Å². The molecule has 0 amide bonds. The van der Waals surface area contributed by atoms with Gasteiger partial charge in [0, 0.05) is 18.7 Å². The molecule has 0 aliphatic heterocycles. The summed E-state index contributed by atoms with van der Waals surface area (Å²) in [5.74, 6) is 0.547. The third-order valence-electron chi connectivity index (χ3n) is 4.09. The molecule has 2 aromatic rings. The minimum atomic E-state index is -3.32. The molecule has 172 valence electrons. The Hall–Kier alpha value is -1.99. The fourth-order valence-electron chi connectivity index (χ4n) is 2.58. The van der Waals surface area contributed by atoms with Gasteiger partial charge in [0.15, 0.2) is 5.96 Å². The maximum absolute atomic E-state index is 12.6. The van der Waals surface area contributed by atoms with Crippen molar-refractivity contribution in [2.75, 3.05) is 13.6 Å². The maximum Gasteiger partial charge on any atom is 0.387 e. The summed E-state index contributed by atoms with van der Waals surface area (Å²) in [7, 11) is -1.94. The molecular formula is C20H27F2IN4O3S. The summed E-state index contributed by atoms with van der Waals surface area (Å²) >= 11 is 0. The van der Waals surface area contributed by atoms with Crippen molar-refractivity contribution < 1.29 is 21.9 Å². The van der Waals surface area contributed by atoms with Gasteiger partial charge in [0.25, 0.3) is 0 Å². The highest BCUT2D eigenvalue weighted by Gasteiger charge is 2.10. The number of alkyl halides is 2. The zero-order valence-corrected chi connectivity index (χ0v) is 20.4. The number of halogens is 3. The van der Waals surface area contributed by atoms with Crippen LogP contribution in [0.1, 0.15) is 23.6 Å². The first kappa shape index (κ1) is 27.0. The highest BCUT2D eigenvalue weighted by atomic mass is 127. The van der Waals surface area contributed by atoms with Gasteiger partial charge in [-0.1, -0.05) is 42.5 Å². The van der Waals surface area contributed by atoms with Gasteiger partial charge in [-0.05, 0) is 31.2 Å². The molecule has 0 saturated heterocycles. The number of rotatable bonds is 10. The van der Waals surface area contributed by atoms with Crippen LogP contribution in [-0.2, 0) is 28.9 Å². The molecule has 31 heavy (non-hydrogen) atoms. The normalized spacial score (nSPS) is 11.7. The maximum atomic E-state index is 12.6. The molecule has 0 atom stereocenters. The number of hydrogen-bond acceptors (Lipinski definition) is 4. The van der Waals surface area contributed by atoms with Gasteiger partial charge in [-0.2, -0.15) is 8.78 Å². The molecule has 0 radical (unpaired) electrons. The molecule has 0 fully saturated rings. The van der Waals surface area contributed by atoms with Gasteiger partial charge in [-0.15, -0.1) is 24.0 Å². The molecule has 0 heterocycles. The largest absolute Gasteiger partial charge is 0.434 e. The van der Waals surface area contributed by atoms with E-state index in [1.807, 2.05) is 19.1 Å². The van der Waals surface area contributed by atoms with Crippen LogP contribution in [0.2, 0.25) is 0 Å². The summed E-state index contributed by atoms with van der Waals surface area (Å²) in [6.07, 6.45) is 0. The van der Waals surface area contributed by atoms with Crippen LogP contribution in [0.5, 0.6) is 5.75 Å². The van der Waals surface area contributed by atoms with Gasteiger partial charge in [0.1, 0.15) is 5.75 Å². The van der Waals surface area contributed by atoms with Crippen molar-refractivity contribution in [3.05, 3.63) is 65.2 Å². The zero-order valence-electron chi connectivity index (χ0n) is 17.3. The van der Waals surface area contributed by atoms with E-state index >= 15 is 0 Å². The second-order valence-corrected chi connectivity index (χ2v) is 8.24. The number of aliphatic imine (C=N–C) groups is 1. The molecule has 0 aliphatic rings. The van der Waals surface area contributed by atoms with Crippen molar-refractivity contribution >= 4 is 40.0 Å². The SMILES string of the molecule is CCNC(=NCc1ccc(CS(=O)(=O)NC)cc1)NCc1ccccc1OC(F)F.I. The Labute approximate surface area is 198 Å². The standard InChI is InChI=1S/C20H26F2N4O3S.HI/c1-3-24-20(26-13-17-6-4-5-7-18(17)29-19(21)22)25-12-15-8-10-16(11-9-15)14-30(27,28)23-2;/h4-11,19,23H,3,12-14H2,1-2H3,(H2,24,25,26);1H.